The van der Waals surface area contributed by atoms with Crippen molar-refractivity contribution in [3.63, 3.8) is 0 Å². The minimum Gasteiger partial charge on any atom is -0.390 e. The lowest BCUT2D eigenvalue weighted by Crippen LogP contribution is -2.21. The summed E-state index contributed by atoms with van der Waals surface area (Å²) in [4.78, 5) is 0. The normalized spacial score (nSPS) is 12.2. The van der Waals surface area contributed by atoms with Gasteiger partial charge in [-0.2, -0.15) is 0 Å². The van der Waals surface area contributed by atoms with Crippen LogP contribution in [0.25, 0.3) is 10.9 Å². The zero-order valence-electron chi connectivity index (χ0n) is 10.2. The molecule has 1 N–H and O–H groups in total. The van der Waals surface area contributed by atoms with Crippen molar-refractivity contribution in [3.05, 3.63) is 36.0 Å². The third kappa shape index (κ3) is 2.27. The Morgan fingerprint density at radius 3 is 2.62 bits per heavy atom. The van der Waals surface area contributed by atoms with E-state index in [4.69, 9.17) is 0 Å². The zero-order chi connectivity index (χ0) is 11.8. The number of hydrogen-bond donors (Lipinski definition) is 1. The van der Waals surface area contributed by atoms with E-state index in [1.807, 2.05) is 13.8 Å². The topological polar surface area (TPSA) is 25.2 Å². The van der Waals surface area contributed by atoms with Crippen LogP contribution in [0.15, 0.2) is 30.5 Å². The van der Waals surface area contributed by atoms with Gasteiger partial charge in [0.15, 0.2) is 0 Å². The van der Waals surface area contributed by atoms with Crippen LogP contribution in [-0.4, -0.2) is 15.3 Å². The summed E-state index contributed by atoms with van der Waals surface area (Å²) in [5.74, 6) is 0. The van der Waals surface area contributed by atoms with Gasteiger partial charge in [-0.05, 0) is 43.9 Å². The molecule has 0 atom stereocenters. The molecule has 0 unspecified atom stereocenters. The van der Waals surface area contributed by atoms with Crippen LogP contribution in [0, 0.1) is 0 Å². The maximum atomic E-state index is 9.81. The lowest BCUT2D eigenvalue weighted by atomic mass is 9.98. The van der Waals surface area contributed by atoms with Crippen molar-refractivity contribution in [2.75, 3.05) is 0 Å². The molecule has 0 bridgehead atoms. The summed E-state index contributed by atoms with van der Waals surface area (Å²) in [6.07, 6.45) is 2.80. The van der Waals surface area contributed by atoms with E-state index < -0.39 is 5.60 Å². The number of aliphatic hydroxyl groups is 1. The van der Waals surface area contributed by atoms with Crippen molar-refractivity contribution in [1.82, 2.24) is 4.57 Å². The second-order valence-corrected chi connectivity index (χ2v) is 4.98. The number of hydrogen-bond acceptors (Lipinski definition) is 1. The maximum Gasteiger partial charge on any atom is 0.0631 e. The summed E-state index contributed by atoms with van der Waals surface area (Å²) < 4.78 is 2.23. The Morgan fingerprint density at radius 2 is 2.00 bits per heavy atom. The summed E-state index contributed by atoms with van der Waals surface area (Å²) in [7, 11) is 0. The van der Waals surface area contributed by atoms with E-state index in [2.05, 4.69) is 42.0 Å². The molecule has 1 heterocycles. The van der Waals surface area contributed by atoms with Gasteiger partial charge in [-0.25, -0.2) is 0 Å². The highest BCUT2D eigenvalue weighted by molar-refractivity contribution is 5.80. The molecule has 2 rings (SSSR count). The summed E-state index contributed by atoms with van der Waals surface area (Å²) in [6, 6.07) is 8.53. The number of rotatable bonds is 3. The second-order valence-electron chi connectivity index (χ2n) is 4.98. The molecular formula is C14H19NO. The lowest BCUT2D eigenvalue weighted by Gasteiger charge is -2.17. The molecule has 0 aliphatic carbocycles. The van der Waals surface area contributed by atoms with E-state index in [1.165, 1.54) is 16.5 Å². The summed E-state index contributed by atoms with van der Waals surface area (Å²) in [5.41, 5.74) is 1.80. The van der Waals surface area contributed by atoms with Gasteiger partial charge >= 0.3 is 0 Å². The van der Waals surface area contributed by atoms with E-state index in [0.717, 1.165) is 6.54 Å². The molecule has 1 aromatic heterocycles. The van der Waals surface area contributed by atoms with Crippen LogP contribution in [0.2, 0.25) is 0 Å². The Balaban J connectivity index is 2.42. The Kier molecular flexibility index (Phi) is 2.76. The molecule has 0 spiro atoms. The number of fused-ring (bicyclic) bond motifs is 1. The standard InChI is InChI=1S/C14H19NO/c1-4-15-8-7-12-6-5-11(9-13(12)15)10-14(2,3)16/h5-9,16H,4,10H2,1-3H3. The first kappa shape index (κ1) is 11.2. The number of benzene rings is 1. The van der Waals surface area contributed by atoms with Crippen LogP contribution >= 0.6 is 0 Å². The second kappa shape index (κ2) is 3.95. The fourth-order valence-corrected chi connectivity index (χ4v) is 2.11. The van der Waals surface area contributed by atoms with E-state index in [9.17, 15) is 5.11 Å². The molecule has 0 amide bonds. The van der Waals surface area contributed by atoms with Gasteiger partial charge in [0.25, 0.3) is 0 Å². The molecular weight excluding hydrogens is 198 g/mol. The van der Waals surface area contributed by atoms with Gasteiger partial charge < -0.3 is 9.67 Å². The predicted molar refractivity (Wildman–Crippen MR) is 67.6 cm³/mol. The minimum atomic E-state index is -0.642. The Bertz CT molecular complexity index is 491. The molecule has 0 aliphatic heterocycles. The Morgan fingerprint density at radius 1 is 1.25 bits per heavy atom. The number of nitrogens with zero attached hydrogens (tertiary/aromatic N) is 1. The molecule has 0 aliphatic rings. The van der Waals surface area contributed by atoms with Crippen LogP contribution in [0.4, 0.5) is 0 Å². The van der Waals surface area contributed by atoms with Gasteiger partial charge in [0.05, 0.1) is 5.60 Å². The summed E-state index contributed by atoms with van der Waals surface area (Å²) in [6.45, 7) is 6.81. The van der Waals surface area contributed by atoms with Crippen LogP contribution < -0.4 is 0 Å². The highest BCUT2D eigenvalue weighted by Crippen LogP contribution is 2.20. The largest absolute Gasteiger partial charge is 0.390 e. The molecule has 0 radical (unpaired) electrons. The van der Waals surface area contributed by atoms with Crippen LogP contribution in [0.5, 0.6) is 0 Å². The van der Waals surface area contributed by atoms with E-state index in [1.54, 1.807) is 0 Å². The van der Waals surface area contributed by atoms with Gasteiger partial charge in [0.2, 0.25) is 0 Å². The molecule has 0 saturated carbocycles. The van der Waals surface area contributed by atoms with Crippen molar-refractivity contribution < 1.29 is 5.11 Å². The summed E-state index contributed by atoms with van der Waals surface area (Å²) in [5, 5.41) is 11.1. The number of aromatic nitrogens is 1. The third-order valence-corrected chi connectivity index (χ3v) is 2.82. The Labute approximate surface area is 96.5 Å². The molecule has 0 fully saturated rings. The average molecular weight is 217 g/mol. The van der Waals surface area contributed by atoms with E-state index >= 15 is 0 Å². The van der Waals surface area contributed by atoms with Gasteiger partial charge in [0, 0.05) is 24.7 Å². The quantitative estimate of drug-likeness (QED) is 0.840. The first-order chi connectivity index (χ1) is 7.49. The molecule has 16 heavy (non-hydrogen) atoms. The fourth-order valence-electron chi connectivity index (χ4n) is 2.11. The molecule has 1 aromatic carbocycles. The maximum absolute atomic E-state index is 9.81. The predicted octanol–water partition coefficient (Wildman–Crippen LogP) is 2.97. The zero-order valence-corrected chi connectivity index (χ0v) is 10.2. The van der Waals surface area contributed by atoms with Crippen molar-refractivity contribution in [1.29, 1.82) is 0 Å². The smallest absolute Gasteiger partial charge is 0.0631 e. The van der Waals surface area contributed by atoms with Crippen molar-refractivity contribution in [2.24, 2.45) is 0 Å². The SMILES string of the molecule is CCn1ccc2ccc(CC(C)(C)O)cc21. The molecule has 2 nitrogen and oxygen atoms in total. The highest BCUT2D eigenvalue weighted by Gasteiger charge is 2.13. The first-order valence-corrected chi connectivity index (χ1v) is 5.80. The first-order valence-electron chi connectivity index (χ1n) is 5.80. The molecule has 2 heteroatoms. The number of aryl methyl sites for hydroxylation is 1. The van der Waals surface area contributed by atoms with E-state index in [-0.39, 0.29) is 0 Å². The minimum absolute atomic E-state index is 0.642. The van der Waals surface area contributed by atoms with E-state index in [0.29, 0.717) is 6.42 Å². The third-order valence-electron chi connectivity index (χ3n) is 2.82. The lowest BCUT2D eigenvalue weighted by molar-refractivity contribution is 0.0810. The van der Waals surface area contributed by atoms with Crippen molar-refractivity contribution in [2.45, 2.75) is 39.3 Å². The molecule has 2 aromatic rings. The fraction of sp³-hybridized carbons (Fsp3) is 0.429. The highest BCUT2D eigenvalue weighted by atomic mass is 16.3. The van der Waals surface area contributed by atoms with Crippen LogP contribution in [-0.2, 0) is 13.0 Å². The van der Waals surface area contributed by atoms with Crippen molar-refractivity contribution >= 4 is 10.9 Å². The Hall–Kier alpha value is -1.28. The molecule has 86 valence electrons. The average Bonchev–Trinajstić information content (AvgIpc) is 2.57. The van der Waals surface area contributed by atoms with Crippen molar-refractivity contribution in [3.8, 4) is 0 Å². The van der Waals surface area contributed by atoms with Gasteiger partial charge in [0.1, 0.15) is 0 Å². The summed E-state index contributed by atoms with van der Waals surface area (Å²) >= 11 is 0. The van der Waals surface area contributed by atoms with Gasteiger partial charge in [-0.15, -0.1) is 0 Å². The van der Waals surface area contributed by atoms with Crippen LogP contribution in [0.3, 0.4) is 0 Å². The van der Waals surface area contributed by atoms with Gasteiger partial charge in [-0.1, -0.05) is 12.1 Å². The molecule has 0 saturated heterocycles. The van der Waals surface area contributed by atoms with Crippen LogP contribution in [0.1, 0.15) is 26.3 Å². The monoisotopic (exact) mass is 217 g/mol. The van der Waals surface area contributed by atoms with Gasteiger partial charge in [-0.3, -0.25) is 0 Å².